The van der Waals surface area contributed by atoms with E-state index < -0.39 is 11.7 Å². The van der Waals surface area contributed by atoms with E-state index in [1.165, 1.54) is 44.2 Å². The van der Waals surface area contributed by atoms with Gasteiger partial charge >= 0.3 is 6.18 Å². The molecule has 2 heterocycles. The number of rotatable bonds is 8. The van der Waals surface area contributed by atoms with Crippen molar-refractivity contribution in [2.24, 2.45) is 0 Å². The summed E-state index contributed by atoms with van der Waals surface area (Å²) in [4.78, 5) is 8.17. The Balaban J connectivity index is 0.000000532. The van der Waals surface area contributed by atoms with E-state index in [9.17, 15) is 13.2 Å². The highest BCUT2D eigenvalue weighted by molar-refractivity contribution is 6.30. The molecule has 0 amide bonds. The van der Waals surface area contributed by atoms with E-state index in [1.54, 1.807) is 6.07 Å². The van der Waals surface area contributed by atoms with E-state index in [-0.39, 0.29) is 6.54 Å². The molecule has 2 aliphatic heterocycles. The summed E-state index contributed by atoms with van der Waals surface area (Å²) in [5.41, 5.74) is 1.53. The number of anilines is 2. The van der Waals surface area contributed by atoms with Gasteiger partial charge in [-0.05, 0) is 54.1 Å². The Kier molecular flexibility index (Phi) is 12.1. The summed E-state index contributed by atoms with van der Waals surface area (Å²) in [5.74, 6) is 0. The molecule has 2 aliphatic rings. The smallest absolute Gasteiger partial charge is 0.375 e. The standard InChI is InChI=1S/C24H26ClF3N4.C7H16/c1-29-9-2-10-31(14-11-29)22-7-8-23(24(26,27)28)19(17-22)18-30-12-15-32(16-13-30)21-5-3-20(25)4-6-21;1-3-5-7-6-4-2/h2-8,10-11,14,17H,9,12-13,15-16,18H2,1H3;3-7H2,1-2H3. The van der Waals surface area contributed by atoms with Gasteiger partial charge in [0.05, 0.1) is 5.56 Å². The van der Waals surface area contributed by atoms with Crippen LogP contribution in [0.3, 0.4) is 0 Å². The lowest BCUT2D eigenvalue weighted by Gasteiger charge is -2.36. The number of nitrogens with zero attached hydrogens (tertiary/aromatic N) is 4. The van der Waals surface area contributed by atoms with Gasteiger partial charge in [0.25, 0.3) is 0 Å². The zero-order valence-electron chi connectivity index (χ0n) is 23.4. The summed E-state index contributed by atoms with van der Waals surface area (Å²) in [6.45, 7) is 8.40. The normalized spacial score (nSPS) is 16.2. The predicted octanol–water partition coefficient (Wildman–Crippen LogP) is 8.39. The van der Waals surface area contributed by atoms with Gasteiger partial charge in [-0.25, -0.2) is 0 Å². The first-order chi connectivity index (χ1) is 18.7. The molecular formula is C31H42ClF3N4. The summed E-state index contributed by atoms with van der Waals surface area (Å²) in [6, 6.07) is 12.1. The molecule has 214 valence electrons. The highest BCUT2D eigenvalue weighted by Gasteiger charge is 2.34. The molecule has 0 radical (unpaired) electrons. The Morgan fingerprint density at radius 3 is 2.05 bits per heavy atom. The van der Waals surface area contributed by atoms with Crippen LogP contribution in [0.25, 0.3) is 0 Å². The minimum Gasteiger partial charge on any atom is -0.375 e. The molecule has 0 unspecified atom stereocenters. The van der Waals surface area contributed by atoms with E-state index in [1.807, 2.05) is 65.8 Å². The van der Waals surface area contributed by atoms with Crippen LogP contribution < -0.4 is 9.80 Å². The average Bonchev–Trinajstić information content (AvgIpc) is 3.14. The largest absolute Gasteiger partial charge is 0.416 e. The zero-order valence-corrected chi connectivity index (χ0v) is 24.2. The summed E-state index contributed by atoms with van der Waals surface area (Å²) in [7, 11) is 1.95. The van der Waals surface area contributed by atoms with Gasteiger partial charge in [0.15, 0.2) is 0 Å². The van der Waals surface area contributed by atoms with Gasteiger partial charge in [-0.3, -0.25) is 4.90 Å². The van der Waals surface area contributed by atoms with Crippen LogP contribution in [0.15, 0.2) is 67.1 Å². The number of hydrogen-bond donors (Lipinski definition) is 0. The Morgan fingerprint density at radius 2 is 1.44 bits per heavy atom. The van der Waals surface area contributed by atoms with Gasteiger partial charge in [0.2, 0.25) is 0 Å². The summed E-state index contributed by atoms with van der Waals surface area (Å²) >= 11 is 5.97. The molecule has 2 aromatic carbocycles. The maximum atomic E-state index is 13.7. The molecule has 0 spiro atoms. The Labute approximate surface area is 237 Å². The molecule has 1 fully saturated rings. The molecule has 4 nitrogen and oxygen atoms in total. The number of unbranched alkanes of at least 4 members (excludes halogenated alkanes) is 4. The van der Waals surface area contributed by atoms with Crippen LogP contribution in [0.4, 0.5) is 24.5 Å². The van der Waals surface area contributed by atoms with Crippen LogP contribution in [0.2, 0.25) is 5.02 Å². The quantitative estimate of drug-likeness (QED) is 0.299. The second kappa shape index (κ2) is 15.2. The van der Waals surface area contributed by atoms with Crippen molar-refractivity contribution >= 4 is 23.0 Å². The van der Waals surface area contributed by atoms with Crippen molar-refractivity contribution in [2.45, 2.75) is 58.7 Å². The maximum Gasteiger partial charge on any atom is 0.416 e. The fourth-order valence-corrected chi connectivity index (χ4v) is 4.80. The number of benzene rings is 2. The van der Waals surface area contributed by atoms with Gasteiger partial charge in [-0.1, -0.05) is 57.6 Å². The molecule has 0 N–H and O–H groups in total. The molecule has 0 aromatic heterocycles. The van der Waals surface area contributed by atoms with Gasteiger partial charge in [-0.15, -0.1) is 0 Å². The summed E-state index contributed by atoms with van der Waals surface area (Å²) < 4.78 is 41.2. The van der Waals surface area contributed by atoms with Crippen molar-refractivity contribution < 1.29 is 13.2 Å². The van der Waals surface area contributed by atoms with E-state index in [2.05, 4.69) is 23.6 Å². The monoisotopic (exact) mass is 562 g/mol. The van der Waals surface area contributed by atoms with Crippen molar-refractivity contribution in [3.8, 4) is 0 Å². The minimum absolute atomic E-state index is 0.262. The van der Waals surface area contributed by atoms with Crippen LogP contribution in [-0.4, -0.2) is 49.6 Å². The van der Waals surface area contributed by atoms with Crippen LogP contribution in [0.1, 0.15) is 57.1 Å². The van der Waals surface area contributed by atoms with Gasteiger partial charge in [0.1, 0.15) is 0 Å². The van der Waals surface area contributed by atoms with Crippen molar-refractivity contribution in [1.82, 2.24) is 9.80 Å². The van der Waals surface area contributed by atoms with Crippen LogP contribution in [-0.2, 0) is 12.7 Å². The molecule has 1 saturated heterocycles. The first-order valence-corrected chi connectivity index (χ1v) is 14.4. The van der Waals surface area contributed by atoms with Gasteiger partial charge in [-0.2, -0.15) is 13.2 Å². The number of halogens is 4. The molecule has 8 heteroatoms. The zero-order chi connectivity index (χ0) is 28.3. The SMILES string of the molecule is CCCCCCC.CN1C=CN(c2ccc(C(F)(F)F)c(CN3CCN(c4ccc(Cl)cc4)CC3)c2)C=CC1. The van der Waals surface area contributed by atoms with Crippen molar-refractivity contribution in [1.29, 1.82) is 0 Å². The van der Waals surface area contributed by atoms with E-state index in [0.29, 0.717) is 23.7 Å². The fraction of sp³-hybridized carbons (Fsp3) is 0.484. The molecule has 2 aromatic rings. The number of hydrogen-bond acceptors (Lipinski definition) is 4. The maximum absolute atomic E-state index is 13.7. The van der Waals surface area contributed by atoms with Crippen molar-refractivity contribution in [3.05, 3.63) is 83.3 Å². The first kappa shape index (κ1) is 30.9. The van der Waals surface area contributed by atoms with E-state index in [0.717, 1.165) is 31.0 Å². The van der Waals surface area contributed by atoms with Crippen LogP contribution in [0.5, 0.6) is 0 Å². The number of alkyl halides is 3. The number of likely N-dealkylation sites (N-methyl/N-ethyl adjacent to an activating group) is 1. The topological polar surface area (TPSA) is 13.0 Å². The highest BCUT2D eigenvalue weighted by Crippen LogP contribution is 2.35. The lowest BCUT2D eigenvalue weighted by molar-refractivity contribution is -0.138. The molecule has 0 atom stereocenters. The molecule has 0 bridgehead atoms. The summed E-state index contributed by atoms with van der Waals surface area (Å²) in [5, 5.41) is 0.688. The Hall–Kier alpha value is -2.64. The minimum atomic E-state index is -4.39. The first-order valence-electron chi connectivity index (χ1n) is 14.0. The van der Waals surface area contributed by atoms with Crippen molar-refractivity contribution in [2.75, 3.05) is 49.6 Å². The average molecular weight is 563 g/mol. The van der Waals surface area contributed by atoms with Crippen molar-refractivity contribution in [3.63, 3.8) is 0 Å². The third-order valence-electron chi connectivity index (χ3n) is 7.00. The third kappa shape index (κ3) is 9.80. The van der Waals surface area contributed by atoms with Gasteiger partial charge < -0.3 is 14.7 Å². The predicted molar refractivity (Wildman–Crippen MR) is 158 cm³/mol. The van der Waals surface area contributed by atoms with Crippen LogP contribution >= 0.6 is 11.6 Å². The Bertz CT molecular complexity index is 1060. The second-order valence-corrected chi connectivity index (χ2v) is 10.6. The summed E-state index contributed by atoms with van der Waals surface area (Å²) in [6.07, 6.45) is 10.3. The van der Waals surface area contributed by atoms with Gasteiger partial charge in [0, 0.05) is 81.3 Å². The lowest BCUT2D eigenvalue weighted by Crippen LogP contribution is -2.46. The second-order valence-electron chi connectivity index (χ2n) is 10.2. The van der Waals surface area contributed by atoms with E-state index >= 15 is 0 Å². The molecule has 39 heavy (non-hydrogen) atoms. The molecule has 0 aliphatic carbocycles. The van der Waals surface area contributed by atoms with E-state index in [4.69, 9.17) is 11.6 Å². The highest BCUT2D eigenvalue weighted by atomic mass is 35.5. The third-order valence-corrected chi connectivity index (χ3v) is 7.25. The number of piperazine rings is 1. The fourth-order valence-electron chi connectivity index (χ4n) is 4.68. The molecule has 0 saturated carbocycles. The molecule has 4 rings (SSSR count). The van der Waals surface area contributed by atoms with Crippen LogP contribution in [0, 0.1) is 0 Å². The Morgan fingerprint density at radius 1 is 0.795 bits per heavy atom. The lowest BCUT2D eigenvalue weighted by atomic mass is 10.0. The molecular weight excluding hydrogens is 521 g/mol.